The molecular weight excluding hydrogens is 322 g/mol. The minimum Gasteiger partial charge on any atom is -0.339 e. The van der Waals surface area contributed by atoms with Gasteiger partial charge in [-0.2, -0.15) is 11.8 Å². The van der Waals surface area contributed by atoms with Crippen LogP contribution in [-0.2, 0) is 4.79 Å². The van der Waals surface area contributed by atoms with Gasteiger partial charge in [-0.15, -0.1) is 6.42 Å². The van der Waals surface area contributed by atoms with Crippen LogP contribution in [0.5, 0.6) is 0 Å². The Labute approximate surface area is 146 Å². The van der Waals surface area contributed by atoms with E-state index >= 15 is 0 Å². The molecule has 0 unspecified atom stereocenters. The third-order valence-corrected chi connectivity index (χ3v) is 5.34. The fraction of sp³-hybridized carbons (Fsp3) is 0.444. The summed E-state index contributed by atoms with van der Waals surface area (Å²) in [6, 6.07) is 6.60. The molecule has 1 N–H and O–H groups in total. The molecule has 126 valence electrons. The molecule has 5 nitrogen and oxygen atoms in total. The predicted octanol–water partition coefficient (Wildman–Crippen LogP) is 2.24. The van der Waals surface area contributed by atoms with Gasteiger partial charge in [-0.25, -0.2) is 4.79 Å². The molecule has 0 aliphatic carbocycles. The Morgan fingerprint density at radius 1 is 1.25 bits per heavy atom. The van der Waals surface area contributed by atoms with Crippen LogP contribution in [0.4, 0.5) is 10.5 Å². The van der Waals surface area contributed by atoms with Crippen molar-refractivity contribution in [3.8, 4) is 12.3 Å². The molecule has 0 saturated carbocycles. The molecule has 24 heavy (non-hydrogen) atoms. The molecule has 2 aliphatic heterocycles. The van der Waals surface area contributed by atoms with Crippen molar-refractivity contribution in [2.24, 2.45) is 0 Å². The average molecular weight is 343 g/mol. The molecule has 0 aromatic heterocycles. The Balaban J connectivity index is 1.66. The predicted molar refractivity (Wildman–Crippen MR) is 97.0 cm³/mol. The smallest absolute Gasteiger partial charge is 0.322 e. The summed E-state index contributed by atoms with van der Waals surface area (Å²) in [4.78, 5) is 28.9. The Bertz CT molecular complexity index is 664. The third-order valence-electron chi connectivity index (χ3n) is 4.40. The van der Waals surface area contributed by atoms with Crippen molar-refractivity contribution in [1.29, 1.82) is 0 Å². The van der Waals surface area contributed by atoms with Gasteiger partial charge in [-0.05, 0) is 31.0 Å². The minimum absolute atomic E-state index is 0.0836. The highest BCUT2D eigenvalue weighted by molar-refractivity contribution is 7.99. The minimum atomic E-state index is -0.344. The van der Waals surface area contributed by atoms with Gasteiger partial charge >= 0.3 is 6.03 Å². The number of urea groups is 1. The second kappa shape index (κ2) is 7.63. The standard InChI is InChI=1S/C18H21N3O2S/c1-2-14-5-3-6-15(13-14)19-18(23)21-8-4-7-16(21)17(22)20-9-11-24-12-10-20/h1,3,5-6,13,16H,4,7-12H2,(H,19,23)/t16-/m1/s1. The maximum Gasteiger partial charge on any atom is 0.322 e. The average Bonchev–Trinajstić information content (AvgIpc) is 3.12. The molecule has 2 aliphatic rings. The number of hydrogen-bond donors (Lipinski definition) is 1. The molecule has 1 aromatic rings. The van der Waals surface area contributed by atoms with Crippen LogP contribution in [0.2, 0.25) is 0 Å². The van der Waals surface area contributed by atoms with Crippen LogP contribution < -0.4 is 5.32 Å². The summed E-state index contributed by atoms with van der Waals surface area (Å²) in [6.07, 6.45) is 6.99. The van der Waals surface area contributed by atoms with Crippen molar-refractivity contribution in [2.45, 2.75) is 18.9 Å². The maximum atomic E-state index is 12.7. The number of terminal acetylenes is 1. The molecule has 6 heteroatoms. The van der Waals surface area contributed by atoms with E-state index in [1.165, 1.54) is 0 Å². The van der Waals surface area contributed by atoms with Crippen molar-refractivity contribution >= 4 is 29.4 Å². The molecule has 0 radical (unpaired) electrons. The van der Waals surface area contributed by atoms with Gasteiger partial charge in [-0.1, -0.05) is 12.0 Å². The summed E-state index contributed by atoms with van der Waals surface area (Å²) in [5.74, 6) is 4.59. The van der Waals surface area contributed by atoms with Crippen molar-refractivity contribution in [3.05, 3.63) is 29.8 Å². The molecule has 2 saturated heterocycles. The van der Waals surface area contributed by atoms with Crippen LogP contribution in [0.3, 0.4) is 0 Å². The van der Waals surface area contributed by atoms with Crippen molar-refractivity contribution in [1.82, 2.24) is 9.80 Å². The van der Waals surface area contributed by atoms with Gasteiger partial charge in [0.05, 0.1) is 0 Å². The second-order valence-electron chi connectivity index (χ2n) is 5.94. The molecule has 1 atom stereocenters. The van der Waals surface area contributed by atoms with E-state index in [2.05, 4.69) is 11.2 Å². The van der Waals surface area contributed by atoms with E-state index in [4.69, 9.17) is 6.42 Å². The summed E-state index contributed by atoms with van der Waals surface area (Å²) in [5, 5.41) is 2.86. The van der Waals surface area contributed by atoms with Gasteiger partial charge in [0.2, 0.25) is 5.91 Å². The summed E-state index contributed by atoms with van der Waals surface area (Å²) in [5.41, 5.74) is 1.37. The van der Waals surface area contributed by atoms with Crippen LogP contribution in [0.15, 0.2) is 24.3 Å². The number of hydrogen-bond acceptors (Lipinski definition) is 3. The van der Waals surface area contributed by atoms with Crippen LogP contribution in [0.25, 0.3) is 0 Å². The lowest BCUT2D eigenvalue weighted by Gasteiger charge is -2.32. The van der Waals surface area contributed by atoms with E-state index in [9.17, 15) is 9.59 Å². The number of thioether (sulfide) groups is 1. The number of carbonyl (C=O) groups excluding carboxylic acids is 2. The van der Waals surface area contributed by atoms with E-state index in [0.29, 0.717) is 17.8 Å². The zero-order chi connectivity index (χ0) is 16.9. The summed E-state index contributed by atoms with van der Waals surface area (Å²) in [6.45, 7) is 2.17. The highest BCUT2D eigenvalue weighted by Crippen LogP contribution is 2.22. The van der Waals surface area contributed by atoms with E-state index in [1.54, 1.807) is 17.0 Å². The molecule has 2 heterocycles. The Morgan fingerprint density at radius 3 is 2.79 bits per heavy atom. The monoisotopic (exact) mass is 343 g/mol. The zero-order valence-electron chi connectivity index (χ0n) is 13.5. The normalized spacial score (nSPS) is 20.5. The SMILES string of the molecule is C#Cc1cccc(NC(=O)N2CCC[C@@H]2C(=O)N2CCSCC2)c1. The van der Waals surface area contributed by atoms with E-state index in [1.807, 2.05) is 28.8 Å². The Morgan fingerprint density at radius 2 is 2.04 bits per heavy atom. The molecule has 3 rings (SSSR count). The Kier molecular flexibility index (Phi) is 5.31. The summed E-state index contributed by atoms with van der Waals surface area (Å²) < 4.78 is 0. The highest BCUT2D eigenvalue weighted by Gasteiger charge is 2.36. The fourth-order valence-corrected chi connectivity index (χ4v) is 4.05. The largest absolute Gasteiger partial charge is 0.339 e. The van der Waals surface area contributed by atoms with Crippen LogP contribution in [0.1, 0.15) is 18.4 Å². The number of rotatable bonds is 2. The lowest BCUT2D eigenvalue weighted by atomic mass is 10.2. The van der Waals surface area contributed by atoms with Gasteiger partial charge in [-0.3, -0.25) is 4.79 Å². The van der Waals surface area contributed by atoms with Crippen molar-refractivity contribution in [3.63, 3.8) is 0 Å². The van der Waals surface area contributed by atoms with Gasteiger partial charge in [0, 0.05) is 42.4 Å². The number of benzene rings is 1. The summed E-state index contributed by atoms with van der Waals surface area (Å²) >= 11 is 1.87. The van der Waals surface area contributed by atoms with E-state index in [-0.39, 0.29) is 18.0 Å². The Hall–Kier alpha value is -2.13. The first-order valence-electron chi connectivity index (χ1n) is 8.20. The number of carbonyl (C=O) groups is 2. The number of nitrogens with zero attached hydrogens (tertiary/aromatic N) is 2. The molecule has 0 spiro atoms. The quantitative estimate of drug-likeness (QED) is 0.838. The lowest BCUT2D eigenvalue weighted by Crippen LogP contribution is -2.51. The van der Waals surface area contributed by atoms with Gasteiger partial charge < -0.3 is 15.1 Å². The number of anilines is 1. The first kappa shape index (κ1) is 16.7. The first-order chi connectivity index (χ1) is 11.7. The third kappa shape index (κ3) is 3.68. The van der Waals surface area contributed by atoms with Crippen LogP contribution in [-0.4, -0.2) is 58.9 Å². The molecule has 1 aromatic carbocycles. The highest BCUT2D eigenvalue weighted by atomic mass is 32.2. The molecule has 2 fully saturated rings. The maximum absolute atomic E-state index is 12.7. The topological polar surface area (TPSA) is 52.7 Å². The van der Waals surface area contributed by atoms with Gasteiger partial charge in [0.1, 0.15) is 6.04 Å². The number of likely N-dealkylation sites (tertiary alicyclic amines) is 1. The number of amides is 3. The fourth-order valence-electron chi connectivity index (χ4n) is 3.14. The first-order valence-corrected chi connectivity index (χ1v) is 9.35. The van der Waals surface area contributed by atoms with E-state index < -0.39 is 0 Å². The molecule has 3 amide bonds. The van der Waals surface area contributed by atoms with Gasteiger partial charge in [0.15, 0.2) is 0 Å². The zero-order valence-corrected chi connectivity index (χ0v) is 14.3. The molecule has 0 bridgehead atoms. The van der Waals surface area contributed by atoms with Crippen LogP contribution in [0, 0.1) is 12.3 Å². The van der Waals surface area contributed by atoms with Crippen LogP contribution >= 0.6 is 11.8 Å². The van der Waals surface area contributed by atoms with Crippen molar-refractivity contribution in [2.75, 3.05) is 36.5 Å². The second-order valence-corrected chi connectivity index (χ2v) is 7.17. The summed E-state index contributed by atoms with van der Waals surface area (Å²) in [7, 11) is 0. The van der Waals surface area contributed by atoms with Crippen molar-refractivity contribution < 1.29 is 9.59 Å². The van der Waals surface area contributed by atoms with Gasteiger partial charge in [0.25, 0.3) is 0 Å². The molecular formula is C18H21N3O2S. The van der Waals surface area contributed by atoms with E-state index in [0.717, 1.165) is 37.4 Å². The number of nitrogens with one attached hydrogen (secondary N) is 1. The lowest BCUT2D eigenvalue weighted by molar-refractivity contribution is -0.134.